The van der Waals surface area contributed by atoms with Crippen LogP contribution in [0.2, 0.25) is 0 Å². The molecule has 2 fully saturated rings. The molecule has 0 aromatic rings. The zero-order chi connectivity index (χ0) is 11.3. The van der Waals surface area contributed by atoms with E-state index in [4.69, 9.17) is 0 Å². The van der Waals surface area contributed by atoms with Crippen LogP contribution in [0.4, 0.5) is 0 Å². The van der Waals surface area contributed by atoms with E-state index in [9.17, 15) is 0 Å². The third-order valence-electron chi connectivity index (χ3n) is 2.22. The van der Waals surface area contributed by atoms with E-state index < -0.39 is 0 Å². The van der Waals surface area contributed by atoms with Gasteiger partial charge in [0.05, 0.1) is 0 Å². The van der Waals surface area contributed by atoms with E-state index >= 15 is 0 Å². The Bertz CT molecular complexity index is 69.5. The molecule has 0 spiro atoms. The van der Waals surface area contributed by atoms with Gasteiger partial charge in [-0.1, -0.05) is 0 Å². The van der Waals surface area contributed by atoms with Crippen LogP contribution in [0.1, 0.15) is 25.7 Å². The standard InChI is InChI=1S/C8H12.C8H8.Zr/c2*1-2-4-6-8-7-5-3-1;/h1-2,7-8H,3-6H2;1-8H;. The van der Waals surface area contributed by atoms with E-state index in [1.54, 1.807) is 0 Å². The summed E-state index contributed by atoms with van der Waals surface area (Å²) >= 11 is 0. The van der Waals surface area contributed by atoms with E-state index in [0.717, 1.165) is 0 Å². The Labute approximate surface area is 128 Å². The molecule has 0 aliphatic heterocycles. The average molecular weight is 304 g/mol. The normalized spacial score (nSPS) is 22.6. The molecule has 0 saturated heterocycles. The van der Waals surface area contributed by atoms with Crippen molar-refractivity contribution in [2.24, 2.45) is 0 Å². The van der Waals surface area contributed by atoms with E-state index in [0.29, 0.717) is 0 Å². The molecule has 2 aliphatic carbocycles. The van der Waals surface area contributed by atoms with Crippen molar-refractivity contribution in [1.82, 2.24) is 0 Å². The van der Waals surface area contributed by atoms with Crippen LogP contribution in [0, 0.1) is 77.0 Å². The maximum absolute atomic E-state index is 2.27. The van der Waals surface area contributed by atoms with Gasteiger partial charge in [-0.3, -0.25) is 0 Å². The molecule has 0 aromatic carbocycles. The third-order valence-corrected chi connectivity index (χ3v) is 2.22. The zero-order valence-corrected chi connectivity index (χ0v) is 12.7. The van der Waals surface area contributed by atoms with Crippen LogP contribution < -0.4 is 0 Å². The maximum atomic E-state index is 2.27. The molecule has 0 atom stereocenters. The van der Waals surface area contributed by atoms with Crippen LogP contribution in [-0.4, -0.2) is 0 Å². The summed E-state index contributed by atoms with van der Waals surface area (Å²) in [6, 6.07) is 0. The first-order valence-electron chi connectivity index (χ1n) is 5.97. The summed E-state index contributed by atoms with van der Waals surface area (Å²) in [5, 5.41) is 0. The second-order valence-electron chi connectivity index (χ2n) is 3.64. The van der Waals surface area contributed by atoms with E-state index in [-0.39, 0.29) is 26.2 Å². The van der Waals surface area contributed by atoms with Gasteiger partial charge in [-0.2, -0.15) is 0 Å². The van der Waals surface area contributed by atoms with E-state index in [1.807, 2.05) is 51.4 Å². The van der Waals surface area contributed by atoms with Gasteiger partial charge in [0.1, 0.15) is 0 Å². The van der Waals surface area contributed by atoms with Crippen molar-refractivity contribution in [2.75, 3.05) is 0 Å². The van der Waals surface area contributed by atoms with Gasteiger partial charge in [0.15, 0.2) is 0 Å². The van der Waals surface area contributed by atoms with Crippen molar-refractivity contribution < 1.29 is 26.2 Å². The second kappa shape index (κ2) is 14.9. The predicted molar refractivity (Wildman–Crippen MR) is 70.1 cm³/mol. The van der Waals surface area contributed by atoms with Crippen LogP contribution in [0.3, 0.4) is 0 Å². The van der Waals surface area contributed by atoms with Crippen LogP contribution in [-0.2, 0) is 26.2 Å². The minimum absolute atomic E-state index is 0. The Kier molecular flexibility index (Phi) is 15.7. The Morgan fingerprint density at radius 1 is 0.353 bits per heavy atom. The molecular formula is C16H20Zr. The van der Waals surface area contributed by atoms with Crippen LogP contribution in [0.15, 0.2) is 0 Å². The molecule has 2 saturated carbocycles. The van der Waals surface area contributed by atoms with E-state index in [2.05, 4.69) is 25.7 Å². The largest absolute Gasteiger partial charge is 0.0496 e. The summed E-state index contributed by atoms with van der Waals surface area (Å²) in [6.07, 6.45) is 30.0. The Balaban J connectivity index is 0.000000284. The van der Waals surface area contributed by atoms with Crippen LogP contribution in [0.5, 0.6) is 0 Å². The van der Waals surface area contributed by atoms with Crippen molar-refractivity contribution in [3.63, 3.8) is 0 Å². The summed E-state index contributed by atoms with van der Waals surface area (Å²) < 4.78 is 0. The molecule has 1 heteroatoms. The van der Waals surface area contributed by atoms with Gasteiger partial charge in [0, 0.05) is 26.2 Å². The molecule has 0 heterocycles. The summed E-state index contributed by atoms with van der Waals surface area (Å²) in [5.74, 6) is 0. The van der Waals surface area contributed by atoms with Gasteiger partial charge >= 0.3 is 0 Å². The quantitative estimate of drug-likeness (QED) is 0.634. The smallest absolute Gasteiger partial charge is 0 e. The van der Waals surface area contributed by atoms with Crippen LogP contribution in [0.25, 0.3) is 0 Å². The van der Waals surface area contributed by atoms with Gasteiger partial charge in [0.2, 0.25) is 0 Å². The molecule has 0 aromatic heterocycles. The third kappa shape index (κ3) is 13.1. The van der Waals surface area contributed by atoms with E-state index in [1.165, 1.54) is 25.7 Å². The van der Waals surface area contributed by atoms with Crippen molar-refractivity contribution in [2.45, 2.75) is 25.7 Å². The monoisotopic (exact) mass is 302 g/mol. The molecule has 0 N–H and O–H groups in total. The molecule has 2 rings (SSSR count). The molecule has 0 nitrogen and oxygen atoms in total. The first-order valence-corrected chi connectivity index (χ1v) is 5.97. The minimum atomic E-state index is 0. The number of hydrogen-bond donors (Lipinski definition) is 0. The Morgan fingerprint density at radius 3 is 0.706 bits per heavy atom. The van der Waals surface area contributed by atoms with Gasteiger partial charge in [0.25, 0.3) is 0 Å². The second-order valence-corrected chi connectivity index (χ2v) is 3.64. The molecular weight excluding hydrogens is 283 g/mol. The average Bonchev–Trinajstić information content (AvgIpc) is 2.15. The topological polar surface area (TPSA) is 0 Å². The molecule has 12 radical (unpaired) electrons. The molecule has 2 aliphatic rings. The predicted octanol–water partition coefficient (Wildman–Crippen LogP) is 4.01. The summed E-state index contributed by atoms with van der Waals surface area (Å²) in [4.78, 5) is 0. The van der Waals surface area contributed by atoms with Gasteiger partial charge in [-0.15, -0.1) is 0 Å². The fourth-order valence-electron chi connectivity index (χ4n) is 1.37. The van der Waals surface area contributed by atoms with Crippen molar-refractivity contribution >= 4 is 0 Å². The fraction of sp³-hybridized carbons (Fsp3) is 0.250. The Hall–Kier alpha value is 0.883. The number of rotatable bonds is 0. The number of hydrogen-bond acceptors (Lipinski definition) is 0. The van der Waals surface area contributed by atoms with Gasteiger partial charge in [-0.05, 0) is 103 Å². The first kappa shape index (κ1) is 17.9. The van der Waals surface area contributed by atoms with Gasteiger partial charge in [-0.25, -0.2) is 0 Å². The first-order chi connectivity index (χ1) is 8.00. The maximum Gasteiger partial charge on any atom is 0 e. The van der Waals surface area contributed by atoms with Crippen LogP contribution >= 0.6 is 0 Å². The summed E-state index contributed by atoms with van der Waals surface area (Å²) in [5.41, 5.74) is 0. The molecule has 17 heavy (non-hydrogen) atoms. The minimum Gasteiger partial charge on any atom is -0.0496 e. The Morgan fingerprint density at radius 2 is 0.529 bits per heavy atom. The molecule has 0 amide bonds. The SMILES string of the molecule is [CH]1[CH]CC[CH][CH]CC1.[CH]1[CH][CH][CH][CH][CH][CH][CH]1.[Zr]. The van der Waals surface area contributed by atoms with Crippen molar-refractivity contribution in [3.8, 4) is 0 Å². The zero-order valence-electron chi connectivity index (χ0n) is 10.3. The summed E-state index contributed by atoms with van der Waals surface area (Å²) in [6.45, 7) is 0. The summed E-state index contributed by atoms with van der Waals surface area (Å²) in [7, 11) is 0. The molecule has 88 valence electrons. The molecule has 0 unspecified atom stereocenters. The fourth-order valence-corrected chi connectivity index (χ4v) is 1.37. The van der Waals surface area contributed by atoms with Crippen molar-refractivity contribution in [1.29, 1.82) is 0 Å². The molecule has 0 bridgehead atoms. The van der Waals surface area contributed by atoms with Gasteiger partial charge < -0.3 is 0 Å². The van der Waals surface area contributed by atoms with Crippen molar-refractivity contribution in [3.05, 3.63) is 77.0 Å².